The summed E-state index contributed by atoms with van der Waals surface area (Å²) in [5, 5.41) is 21.5. The molecule has 3 rings (SSSR count). The first-order valence-electron chi connectivity index (χ1n) is 9.72. The largest absolute Gasteiger partial charge is 0.508 e. The molecule has 1 saturated heterocycles. The number of aliphatic hydroxyl groups excluding tert-OH is 1. The molecule has 1 amide bonds. The van der Waals surface area contributed by atoms with Gasteiger partial charge in [0.05, 0.1) is 29.3 Å². The van der Waals surface area contributed by atoms with Gasteiger partial charge in [0, 0.05) is 13.1 Å². The number of halogens is 1. The van der Waals surface area contributed by atoms with Gasteiger partial charge in [-0.1, -0.05) is 23.7 Å². The molecular formula is C23H25ClN2O5. The zero-order chi connectivity index (χ0) is 22.9. The van der Waals surface area contributed by atoms with Gasteiger partial charge in [-0.25, -0.2) is 0 Å². The summed E-state index contributed by atoms with van der Waals surface area (Å²) >= 11 is 6.28. The van der Waals surface area contributed by atoms with E-state index < -0.39 is 17.7 Å². The van der Waals surface area contributed by atoms with Gasteiger partial charge in [-0.05, 0) is 56.4 Å². The number of Topliss-reactive ketones (excluding diaryl/α,β-unsaturated/α-hetero) is 1. The van der Waals surface area contributed by atoms with E-state index in [2.05, 4.69) is 0 Å². The van der Waals surface area contributed by atoms with Crippen molar-refractivity contribution in [3.63, 3.8) is 0 Å². The van der Waals surface area contributed by atoms with Crippen LogP contribution in [0.1, 0.15) is 22.7 Å². The molecule has 0 aromatic heterocycles. The number of likely N-dealkylation sites (tertiary alicyclic amines) is 1. The van der Waals surface area contributed by atoms with Crippen LogP contribution >= 0.6 is 11.6 Å². The molecule has 7 nitrogen and oxygen atoms in total. The highest BCUT2D eigenvalue weighted by Crippen LogP contribution is 2.43. The molecule has 1 unspecified atom stereocenters. The zero-order valence-electron chi connectivity index (χ0n) is 17.8. The van der Waals surface area contributed by atoms with Crippen LogP contribution in [0.25, 0.3) is 5.76 Å². The van der Waals surface area contributed by atoms with Gasteiger partial charge in [-0.15, -0.1) is 0 Å². The van der Waals surface area contributed by atoms with E-state index in [1.165, 1.54) is 24.1 Å². The van der Waals surface area contributed by atoms with Gasteiger partial charge in [0.15, 0.2) is 0 Å². The lowest BCUT2D eigenvalue weighted by Crippen LogP contribution is -2.35. The minimum absolute atomic E-state index is 0.00752. The second-order valence-electron chi connectivity index (χ2n) is 7.72. The highest BCUT2D eigenvalue weighted by atomic mass is 35.5. The Bertz CT molecular complexity index is 1060. The number of ether oxygens (including phenoxy) is 1. The smallest absolute Gasteiger partial charge is 0.295 e. The van der Waals surface area contributed by atoms with Crippen LogP contribution in [-0.2, 0) is 9.59 Å². The number of phenolic OH excluding ortho intramolecular Hbond substituents is 1. The van der Waals surface area contributed by atoms with Crippen molar-refractivity contribution in [2.75, 3.05) is 34.3 Å². The van der Waals surface area contributed by atoms with E-state index in [4.69, 9.17) is 16.3 Å². The first-order chi connectivity index (χ1) is 14.6. The summed E-state index contributed by atoms with van der Waals surface area (Å²) in [5.74, 6) is -1.69. The molecule has 8 heteroatoms. The number of benzene rings is 2. The molecule has 1 heterocycles. The Labute approximate surface area is 186 Å². The normalized spacial score (nSPS) is 18.1. The Kier molecular flexibility index (Phi) is 6.57. The third kappa shape index (κ3) is 4.38. The maximum atomic E-state index is 13.1. The molecule has 2 aromatic rings. The monoisotopic (exact) mass is 444 g/mol. The molecule has 1 fully saturated rings. The number of phenols is 1. The number of carbonyl (C=O) groups excluding carboxylic acids is 2. The Morgan fingerprint density at radius 3 is 2.55 bits per heavy atom. The van der Waals surface area contributed by atoms with Crippen LogP contribution in [0.15, 0.2) is 42.0 Å². The summed E-state index contributed by atoms with van der Waals surface area (Å²) in [7, 11) is 5.13. The van der Waals surface area contributed by atoms with E-state index in [0.717, 1.165) is 5.56 Å². The summed E-state index contributed by atoms with van der Waals surface area (Å²) in [4.78, 5) is 29.3. The molecular weight excluding hydrogens is 420 g/mol. The fourth-order valence-corrected chi connectivity index (χ4v) is 4.07. The van der Waals surface area contributed by atoms with Gasteiger partial charge in [-0.3, -0.25) is 9.59 Å². The van der Waals surface area contributed by atoms with Crippen LogP contribution in [0.5, 0.6) is 11.5 Å². The third-order valence-electron chi connectivity index (χ3n) is 5.16. The van der Waals surface area contributed by atoms with Gasteiger partial charge < -0.3 is 24.7 Å². The average Bonchev–Trinajstić information content (AvgIpc) is 2.95. The topological polar surface area (TPSA) is 90.3 Å². The molecule has 164 valence electrons. The van der Waals surface area contributed by atoms with Crippen molar-refractivity contribution >= 4 is 29.1 Å². The number of aliphatic hydroxyl groups is 1. The Morgan fingerprint density at radius 1 is 1.23 bits per heavy atom. The summed E-state index contributed by atoms with van der Waals surface area (Å²) in [6, 6.07) is 8.77. The van der Waals surface area contributed by atoms with Crippen LogP contribution in [0.4, 0.5) is 0 Å². The summed E-state index contributed by atoms with van der Waals surface area (Å²) in [5.41, 5.74) is 1.41. The number of carbonyl (C=O) groups is 2. The number of methoxy groups -OCH3 is 1. The quantitative estimate of drug-likeness (QED) is 0.403. The van der Waals surface area contributed by atoms with Crippen LogP contribution in [-0.4, -0.2) is 66.0 Å². The summed E-state index contributed by atoms with van der Waals surface area (Å²) < 4.78 is 5.36. The van der Waals surface area contributed by atoms with Crippen molar-refractivity contribution in [3.05, 3.63) is 63.7 Å². The van der Waals surface area contributed by atoms with Gasteiger partial charge in [0.25, 0.3) is 11.7 Å². The molecule has 2 N–H and O–H groups in total. The number of aromatic hydroxyl groups is 1. The standard InChI is InChI=1S/C23H25ClN2O5/c1-13-10-16(22(31-4)17(24)11-13)20(28)18-19(14-6-5-7-15(27)12-14)26(9-8-25(2)3)23(30)21(18)29/h5-7,10-12,19,27-28H,8-9H2,1-4H3/b20-18+. The van der Waals surface area contributed by atoms with Crippen molar-refractivity contribution in [2.45, 2.75) is 13.0 Å². The number of ketones is 1. The first-order valence-corrected chi connectivity index (χ1v) is 10.1. The number of hydrogen-bond donors (Lipinski definition) is 2. The average molecular weight is 445 g/mol. The lowest BCUT2D eigenvalue weighted by Gasteiger charge is -2.26. The van der Waals surface area contributed by atoms with Crippen molar-refractivity contribution in [1.82, 2.24) is 9.80 Å². The second-order valence-corrected chi connectivity index (χ2v) is 8.13. The molecule has 1 aliphatic rings. The number of amides is 1. The molecule has 0 spiro atoms. The fraction of sp³-hybridized carbons (Fsp3) is 0.304. The van der Waals surface area contributed by atoms with E-state index in [1.807, 2.05) is 19.0 Å². The molecule has 2 aromatic carbocycles. The molecule has 0 bridgehead atoms. The van der Waals surface area contributed by atoms with Crippen molar-refractivity contribution < 1.29 is 24.5 Å². The summed E-state index contributed by atoms with van der Waals surface area (Å²) in [6.07, 6.45) is 0. The van der Waals surface area contributed by atoms with E-state index >= 15 is 0 Å². The Hall–Kier alpha value is -3.03. The molecule has 31 heavy (non-hydrogen) atoms. The maximum absolute atomic E-state index is 13.1. The Morgan fingerprint density at radius 2 is 1.94 bits per heavy atom. The van der Waals surface area contributed by atoms with E-state index in [9.17, 15) is 19.8 Å². The number of hydrogen-bond acceptors (Lipinski definition) is 6. The molecule has 0 aliphatic carbocycles. The van der Waals surface area contributed by atoms with Crippen LogP contribution in [0.3, 0.4) is 0 Å². The van der Waals surface area contributed by atoms with Gasteiger partial charge >= 0.3 is 0 Å². The SMILES string of the molecule is COc1c(Cl)cc(C)cc1/C(O)=C1\C(=O)C(=O)N(CCN(C)C)C1c1cccc(O)c1. The maximum Gasteiger partial charge on any atom is 0.295 e. The predicted molar refractivity (Wildman–Crippen MR) is 118 cm³/mol. The molecule has 0 radical (unpaired) electrons. The fourth-order valence-electron chi connectivity index (χ4n) is 3.72. The van der Waals surface area contributed by atoms with E-state index in [-0.39, 0.29) is 40.0 Å². The predicted octanol–water partition coefficient (Wildman–Crippen LogP) is 3.35. The highest BCUT2D eigenvalue weighted by molar-refractivity contribution is 6.46. The lowest BCUT2D eigenvalue weighted by molar-refractivity contribution is -0.140. The number of likely N-dealkylation sites (N-methyl/N-ethyl adjacent to an activating group) is 1. The molecule has 1 atom stereocenters. The van der Waals surface area contributed by atoms with E-state index in [0.29, 0.717) is 12.1 Å². The van der Waals surface area contributed by atoms with E-state index in [1.54, 1.807) is 31.2 Å². The minimum atomic E-state index is -0.865. The molecule has 0 saturated carbocycles. The third-order valence-corrected chi connectivity index (χ3v) is 5.44. The highest BCUT2D eigenvalue weighted by Gasteiger charge is 2.46. The summed E-state index contributed by atoms with van der Waals surface area (Å²) in [6.45, 7) is 2.58. The van der Waals surface area contributed by atoms with Crippen LogP contribution in [0.2, 0.25) is 5.02 Å². The first kappa shape index (κ1) is 22.7. The minimum Gasteiger partial charge on any atom is -0.508 e. The Balaban J connectivity index is 2.25. The second kappa shape index (κ2) is 8.99. The van der Waals surface area contributed by atoms with Crippen LogP contribution in [0, 0.1) is 6.92 Å². The van der Waals surface area contributed by atoms with Crippen LogP contribution < -0.4 is 4.74 Å². The van der Waals surface area contributed by atoms with Gasteiger partial charge in [0.2, 0.25) is 0 Å². The van der Waals surface area contributed by atoms with Crippen molar-refractivity contribution in [1.29, 1.82) is 0 Å². The number of nitrogens with zero attached hydrogens (tertiary/aromatic N) is 2. The zero-order valence-corrected chi connectivity index (χ0v) is 18.6. The molecule has 1 aliphatic heterocycles. The lowest BCUT2D eigenvalue weighted by atomic mass is 9.94. The van der Waals surface area contributed by atoms with Crippen molar-refractivity contribution in [3.8, 4) is 11.5 Å². The number of aryl methyl sites for hydroxylation is 1. The van der Waals surface area contributed by atoms with Gasteiger partial charge in [0.1, 0.15) is 17.3 Å². The number of rotatable bonds is 6. The van der Waals surface area contributed by atoms with Crippen molar-refractivity contribution in [2.24, 2.45) is 0 Å². The van der Waals surface area contributed by atoms with Gasteiger partial charge in [-0.2, -0.15) is 0 Å².